The highest BCUT2D eigenvalue weighted by Crippen LogP contribution is 2.33. The van der Waals surface area contributed by atoms with Gasteiger partial charge in [0.05, 0.1) is 6.61 Å². The van der Waals surface area contributed by atoms with Crippen LogP contribution in [0, 0.1) is 0 Å². The van der Waals surface area contributed by atoms with E-state index in [1.54, 1.807) is 36.4 Å². The minimum atomic E-state index is -4.00. The van der Waals surface area contributed by atoms with Crippen molar-refractivity contribution in [3.63, 3.8) is 0 Å². The highest BCUT2D eigenvalue weighted by atomic mass is 32.2. The Hall–Kier alpha value is -2.79. The van der Waals surface area contributed by atoms with Gasteiger partial charge in [-0.05, 0) is 37.1 Å². The molecule has 0 aliphatic rings. The zero-order chi connectivity index (χ0) is 18.6. The number of fused-ring (bicyclic) bond motifs is 1. The number of para-hydroxylation sites is 1. The Morgan fingerprint density at radius 1 is 0.923 bits per heavy atom. The summed E-state index contributed by atoms with van der Waals surface area (Å²) in [5.74, 6) is 0.958. The molecule has 0 amide bonds. The highest BCUT2D eigenvalue weighted by Gasteiger charge is 2.22. The van der Waals surface area contributed by atoms with Gasteiger partial charge in [0.15, 0.2) is 0 Å². The lowest BCUT2D eigenvalue weighted by atomic mass is 10.1. The molecule has 5 heteroatoms. The van der Waals surface area contributed by atoms with Crippen molar-refractivity contribution < 1.29 is 17.3 Å². The number of hydrogen-bond donors (Lipinski definition) is 0. The Morgan fingerprint density at radius 3 is 2.35 bits per heavy atom. The summed E-state index contributed by atoms with van der Waals surface area (Å²) in [6.07, 6.45) is 2.23. The third kappa shape index (κ3) is 3.58. The lowest BCUT2D eigenvalue weighted by Gasteiger charge is -2.14. The Morgan fingerprint density at radius 2 is 1.62 bits per heavy atom. The van der Waals surface area contributed by atoms with Gasteiger partial charge in [0, 0.05) is 10.8 Å². The average molecular weight is 368 g/mol. The van der Waals surface area contributed by atoms with Crippen LogP contribution in [0.3, 0.4) is 0 Å². The number of benzene rings is 3. The smallest absolute Gasteiger partial charge is 0.339 e. The summed E-state index contributed by atoms with van der Waals surface area (Å²) in [5, 5.41) is 1.30. The monoisotopic (exact) mass is 368 g/mol. The van der Waals surface area contributed by atoms with Gasteiger partial charge in [-0.15, -0.1) is 6.58 Å². The molecule has 3 aromatic carbocycles. The topological polar surface area (TPSA) is 52.6 Å². The highest BCUT2D eigenvalue weighted by molar-refractivity contribution is 7.87. The molecule has 0 spiro atoms. The zero-order valence-electron chi connectivity index (χ0n) is 14.5. The van der Waals surface area contributed by atoms with E-state index in [0.29, 0.717) is 29.9 Å². The second kappa shape index (κ2) is 7.62. The molecule has 0 heterocycles. The van der Waals surface area contributed by atoms with Crippen LogP contribution in [0.2, 0.25) is 0 Å². The Labute approximate surface area is 153 Å². The molecule has 134 valence electrons. The van der Waals surface area contributed by atoms with Crippen LogP contribution in [0.4, 0.5) is 0 Å². The quantitative estimate of drug-likeness (QED) is 0.447. The second-order valence-corrected chi connectivity index (χ2v) is 7.19. The molecule has 0 N–H and O–H groups in total. The molecule has 0 saturated heterocycles. The standard InChI is InChI=1S/C21H20O4S/c1-3-9-16-10-5-8-13-19(16)25-26(22,23)21-15-14-20(24-4-2)17-11-6-7-12-18(17)21/h3,5-8,10-15H,1,4,9H2,2H3. The van der Waals surface area contributed by atoms with E-state index in [1.165, 1.54) is 6.07 Å². The second-order valence-electron chi connectivity index (χ2n) is 5.68. The number of hydrogen-bond acceptors (Lipinski definition) is 4. The molecule has 0 aliphatic carbocycles. The fourth-order valence-corrected chi connectivity index (χ4v) is 3.99. The van der Waals surface area contributed by atoms with E-state index in [9.17, 15) is 8.42 Å². The van der Waals surface area contributed by atoms with Crippen LogP contribution in [0.1, 0.15) is 12.5 Å². The van der Waals surface area contributed by atoms with Crippen molar-refractivity contribution in [2.75, 3.05) is 6.61 Å². The van der Waals surface area contributed by atoms with Crippen molar-refractivity contribution in [1.82, 2.24) is 0 Å². The minimum Gasteiger partial charge on any atom is -0.493 e. The molecule has 0 aliphatic heterocycles. The van der Waals surface area contributed by atoms with E-state index < -0.39 is 10.1 Å². The molecule has 0 aromatic heterocycles. The van der Waals surface area contributed by atoms with Gasteiger partial charge in [-0.25, -0.2) is 0 Å². The molecule has 4 nitrogen and oxygen atoms in total. The molecule has 0 radical (unpaired) electrons. The number of ether oxygens (including phenoxy) is 1. The van der Waals surface area contributed by atoms with Crippen LogP contribution in [-0.4, -0.2) is 15.0 Å². The molecule has 0 unspecified atom stereocenters. The summed E-state index contributed by atoms with van der Waals surface area (Å²) in [6, 6.07) is 17.5. The third-order valence-electron chi connectivity index (χ3n) is 3.95. The van der Waals surface area contributed by atoms with Crippen molar-refractivity contribution in [2.45, 2.75) is 18.2 Å². The molecule has 26 heavy (non-hydrogen) atoms. The first-order valence-electron chi connectivity index (χ1n) is 8.34. The third-order valence-corrected chi connectivity index (χ3v) is 5.24. The predicted octanol–water partition coefficient (Wildman–Crippen LogP) is 4.73. The Balaban J connectivity index is 2.08. The van der Waals surface area contributed by atoms with Crippen LogP contribution in [0.15, 0.2) is 78.2 Å². The van der Waals surface area contributed by atoms with E-state index in [2.05, 4.69) is 6.58 Å². The average Bonchev–Trinajstić information content (AvgIpc) is 2.63. The van der Waals surface area contributed by atoms with E-state index in [1.807, 2.05) is 31.2 Å². The first-order chi connectivity index (χ1) is 12.6. The van der Waals surface area contributed by atoms with E-state index in [-0.39, 0.29) is 4.90 Å². The van der Waals surface area contributed by atoms with Gasteiger partial charge in [-0.1, -0.05) is 48.5 Å². The molecule has 0 bridgehead atoms. The summed E-state index contributed by atoms with van der Waals surface area (Å²) in [5.41, 5.74) is 0.765. The van der Waals surface area contributed by atoms with Gasteiger partial charge in [0.25, 0.3) is 0 Å². The lowest BCUT2D eigenvalue weighted by Crippen LogP contribution is -2.11. The summed E-state index contributed by atoms with van der Waals surface area (Å²) in [6.45, 7) is 6.09. The van der Waals surface area contributed by atoms with Crippen molar-refractivity contribution in [3.8, 4) is 11.5 Å². The maximum absolute atomic E-state index is 13.0. The van der Waals surface area contributed by atoms with Gasteiger partial charge in [0.1, 0.15) is 16.4 Å². The maximum Gasteiger partial charge on any atom is 0.339 e. The maximum atomic E-state index is 13.0. The zero-order valence-corrected chi connectivity index (χ0v) is 15.3. The van der Waals surface area contributed by atoms with Crippen LogP contribution in [0.5, 0.6) is 11.5 Å². The predicted molar refractivity (Wildman–Crippen MR) is 103 cm³/mol. The van der Waals surface area contributed by atoms with Crippen molar-refractivity contribution in [2.24, 2.45) is 0 Å². The van der Waals surface area contributed by atoms with Gasteiger partial charge in [-0.3, -0.25) is 0 Å². The van der Waals surface area contributed by atoms with E-state index >= 15 is 0 Å². The van der Waals surface area contributed by atoms with Gasteiger partial charge in [-0.2, -0.15) is 8.42 Å². The van der Waals surface area contributed by atoms with Crippen molar-refractivity contribution in [1.29, 1.82) is 0 Å². The summed E-state index contributed by atoms with van der Waals surface area (Å²) in [4.78, 5) is 0.116. The first-order valence-corrected chi connectivity index (χ1v) is 9.75. The van der Waals surface area contributed by atoms with Gasteiger partial charge in [0.2, 0.25) is 0 Å². The summed E-state index contributed by atoms with van der Waals surface area (Å²) >= 11 is 0. The van der Waals surface area contributed by atoms with Crippen molar-refractivity contribution >= 4 is 20.9 Å². The fraction of sp³-hybridized carbons (Fsp3) is 0.143. The van der Waals surface area contributed by atoms with Crippen LogP contribution in [-0.2, 0) is 16.5 Å². The molecule has 3 aromatic rings. The first kappa shape index (κ1) is 18.0. The molecular formula is C21H20O4S. The fourth-order valence-electron chi connectivity index (χ4n) is 2.82. The largest absolute Gasteiger partial charge is 0.493 e. The number of rotatable bonds is 7. The molecular weight excluding hydrogens is 348 g/mol. The molecule has 0 fully saturated rings. The minimum absolute atomic E-state index is 0.116. The molecule has 0 atom stereocenters. The summed E-state index contributed by atoms with van der Waals surface area (Å²) in [7, 11) is -4.00. The van der Waals surface area contributed by atoms with E-state index in [0.717, 1.165) is 10.9 Å². The summed E-state index contributed by atoms with van der Waals surface area (Å²) < 4.78 is 37.0. The van der Waals surface area contributed by atoms with Crippen molar-refractivity contribution in [3.05, 3.63) is 78.9 Å². The molecule has 3 rings (SSSR count). The van der Waals surface area contributed by atoms with Crippen LogP contribution in [0.25, 0.3) is 10.8 Å². The van der Waals surface area contributed by atoms with Gasteiger partial charge >= 0.3 is 10.1 Å². The molecule has 0 saturated carbocycles. The SMILES string of the molecule is C=CCc1ccccc1OS(=O)(=O)c1ccc(OCC)c2ccccc12. The lowest BCUT2D eigenvalue weighted by molar-refractivity contribution is 0.344. The Bertz CT molecular complexity index is 1040. The van der Waals surface area contributed by atoms with Crippen LogP contribution >= 0.6 is 0 Å². The normalized spacial score (nSPS) is 11.3. The van der Waals surface area contributed by atoms with Crippen LogP contribution < -0.4 is 8.92 Å². The Kier molecular flexibility index (Phi) is 5.28. The van der Waals surface area contributed by atoms with Gasteiger partial charge < -0.3 is 8.92 Å². The van der Waals surface area contributed by atoms with E-state index in [4.69, 9.17) is 8.92 Å². The number of allylic oxidation sites excluding steroid dienone is 1.